The molecule has 0 saturated heterocycles. The van der Waals surface area contributed by atoms with Crippen molar-refractivity contribution in [3.63, 3.8) is 0 Å². The number of carboxylic acids is 1. The summed E-state index contributed by atoms with van der Waals surface area (Å²) in [6.45, 7) is 4.04. The van der Waals surface area contributed by atoms with Gasteiger partial charge in [0.05, 0.1) is 6.20 Å². The first-order valence-corrected chi connectivity index (χ1v) is 4.96. The van der Waals surface area contributed by atoms with Crippen LogP contribution < -0.4 is 0 Å². The average Bonchev–Trinajstić information content (AvgIpc) is 2.52. The van der Waals surface area contributed by atoms with Crippen LogP contribution in [0.4, 0.5) is 0 Å². The molecule has 0 aromatic carbocycles. The third-order valence-electron chi connectivity index (χ3n) is 1.90. The molecule has 0 spiro atoms. The van der Waals surface area contributed by atoms with Crippen LogP contribution in [0, 0.1) is 0 Å². The highest BCUT2D eigenvalue weighted by Gasteiger charge is 2.13. The van der Waals surface area contributed by atoms with E-state index in [2.05, 4.69) is 17.7 Å². The van der Waals surface area contributed by atoms with Gasteiger partial charge in [-0.3, -0.25) is 9.48 Å². The molecule has 0 aliphatic heterocycles. The molecule has 0 aliphatic carbocycles. The third kappa shape index (κ3) is 2.77. The molecule has 14 heavy (non-hydrogen) atoms. The van der Waals surface area contributed by atoms with Gasteiger partial charge in [-0.2, -0.15) is 17.7 Å². The minimum Gasteiger partial charge on any atom is -0.480 e. The molecule has 0 amide bonds. The van der Waals surface area contributed by atoms with E-state index in [1.165, 1.54) is 0 Å². The summed E-state index contributed by atoms with van der Waals surface area (Å²) in [6.07, 6.45) is 3.95. The van der Waals surface area contributed by atoms with Crippen LogP contribution >= 0.6 is 12.6 Å². The molecule has 1 N–H and O–H groups in total. The van der Waals surface area contributed by atoms with Crippen LogP contribution in [0.5, 0.6) is 0 Å². The zero-order valence-electron chi connectivity index (χ0n) is 8.21. The molecule has 0 radical (unpaired) electrons. The molecule has 5 heteroatoms. The summed E-state index contributed by atoms with van der Waals surface area (Å²) in [5, 5.41) is 12.1. The summed E-state index contributed by atoms with van der Waals surface area (Å²) in [5.74, 6) is -0.898. The van der Waals surface area contributed by atoms with Crippen molar-refractivity contribution in [2.75, 3.05) is 0 Å². The number of carbonyl (C=O) groups is 1. The summed E-state index contributed by atoms with van der Waals surface area (Å²) >= 11 is 3.96. The predicted octanol–water partition coefficient (Wildman–Crippen LogP) is 1.39. The summed E-state index contributed by atoms with van der Waals surface area (Å²) in [7, 11) is 0. The van der Waals surface area contributed by atoms with Gasteiger partial charge >= 0.3 is 5.97 Å². The maximum absolute atomic E-state index is 10.5. The van der Waals surface area contributed by atoms with Crippen molar-refractivity contribution < 1.29 is 9.90 Å². The van der Waals surface area contributed by atoms with Crippen molar-refractivity contribution in [3.05, 3.63) is 18.0 Å². The van der Waals surface area contributed by atoms with Crippen molar-refractivity contribution in [1.82, 2.24) is 9.78 Å². The Morgan fingerprint density at radius 3 is 2.79 bits per heavy atom. The lowest BCUT2D eigenvalue weighted by atomic mass is 10.2. The van der Waals surface area contributed by atoms with E-state index in [4.69, 9.17) is 5.11 Å². The van der Waals surface area contributed by atoms with Crippen molar-refractivity contribution in [3.8, 4) is 0 Å². The summed E-state index contributed by atoms with van der Waals surface area (Å²) in [5.41, 5.74) is 0.904. The van der Waals surface area contributed by atoms with Crippen molar-refractivity contribution in [2.45, 2.75) is 31.6 Å². The van der Waals surface area contributed by atoms with Gasteiger partial charge in [-0.05, 0) is 25.8 Å². The molecule has 0 fully saturated rings. The van der Waals surface area contributed by atoms with Crippen LogP contribution in [0.25, 0.3) is 0 Å². The lowest BCUT2D eigenvalue weighted by molar-refractivity contribution is -0.136. The zero-order chi connectivity index (χ0) is 10.7. The smallest absolute Gasteiger partial charge is 0.316 e. The number of aromatic nitrogens is 2. The fraction of sp³-hybridized carbons (Fsp3) is 0.556. The first-order chi connectivity index (χ1) is 6.50. The SMILES string of the molecule is CC(C)n1cc(CC(S)C(=O)O)cn1. The van der Waals surface area contributed by atoms with E-state index in [1.807, 2.05) is 20.0 Å². The van der Waals surface area contributed by atoms with Gasteiger partial charge in [0.2, 0.25) is 0 Å². The lowest BCUT2D eigenvalue weighted by Gasteiger charge is -2.04. The average molecular weight is 214 g/mol. The quantitative estimate of drug-likeness (QED) is 0.745. The molecule has 1 unspecified atom stereocenters. The van der Waals surface area contributed by atoms with Crippen LogP contribution in [0.1, 0.15) is 25.5 Å². The van der Waals surface area contributed by atoms with Gasteiger partial charge in [-0.25, -0.2) is 0 Å². The molecule has 0 saturated carbocycles. The second-order valence-electron chi connectivity index (χ2n) is 3.48. The highest BCUT2D eigenvalue weighted by atomic mass is 32.1. The van der Waals surface area contributed by atoms with E-state index in [9.17, 15) is 4.79 Å². The van der Waals surface area contributed by atoms with Gasteiger partial charge in [0.25, 0.3) is 0 Å². The molecule has 0 bridgehead atoms. The largest absolute Gasteiger partial charge is 0.480 e. The topological polar surface area (TPSA) is 55.1 Å². The van der Waals surface area contributed by atoms with Crippen molar-refractivity contribution >= 4 is 18.6 Å². The molecule has 0 aliphatic rings. The zero-order valence-corrected chi connectivity index (χ0v) is 9.11. The monoisotopic (exact) mass is 214 g/mol. The van der Waals surface area contributed by atoms with Crippen LogP contribution in [0.3, 0.4) is 0 Å². The van der Waals surface area contributed by atoms with Gasteiger partial charge in [-0.15, -0.1) is 0 Å². The molecule has 1 aromatic rings. The molecule has 1 aromatic heterocycles. The first kappa shape index (κ1) is 11.1. The second-order valence-corrected chi connectivity index (χ2v) is 4.10. The van der Waals surface area contributed by atoms with Crippen LogP contribution in [-0.4, -0.2) is 26.1 Å². The standard InChI is InChI=1S/C9H14N2O2S/c1-6(2)11-5-7(4-10-11)3-8(14)9(12)13/h4-6,8,14H,3H2,1-2H3,(H,12,13). The van der Waals surface area contributed by atoms with Gasteiger partial charge in [-0.1, -0.05) is 0 Å². The van der Waals surface area contributed by atoms with E-state index < -0.39 is 11.2 Å². The number of aliphatic carboxylic acids is 1. The summed E-state index contributed by atoms with van der Waals surface area (Å²) in [6, 6.07) is 0.298. The van der Waals surface area contributed by atoms with Crippen molar-refractivity contribution in [1.29, 1.82) is 0 Å². The Morgan fingerprint density at radius 1 is 1.71 bits per heavy atom. The number of carboxylic acid groups (broad SMARTS) is 1. The van der Waals surface area contributed by atoms with Crippen molar-refractivity contribution in [2.24, 2.45) is 0 Å². The van der Waals surface area contributed by atoms with Gasteiger partial charge < -0.3 is 5.11 Å². The van der Waals surface area contributed by atoms with E-state index in [0.717, 1.165) is 5.56 Å². The van der Waals surface area contributed by atoms with Gasteiger partial charge in [0, 0.05) is 12.2 Å². The number of nitrogens with zero attached hydrogens (tertiary/aromatic N) is 2. The molecule has 1 atom stereocenters. The fourth-order valence-electron chi connectivity index (χ4n) is 1.08. The number of thiol groups is 1. The Kier molecular flexibility index (Phi) is 3.57. The lowest BCUT2D eigenvalue weighted by Crippen LogP contribution is -2.15. The Hall–Kier alpha value is -0.970. The summed E-state index contributed by atoms with van der Waals surface area (Å²) < 4.78 is 1.80. The number of hydrogen-bond donors (Lipinski definition) is 2. The van der Waals surface area contributed by atoms with Crippen LogP contribution in [0.2, 0.25) is 0 Å². The number of rotatable bonds is 4. The molecule has 4 nitrogen and oxygen atoms in total. The molecular formula is C9H14N2O2S. The maximum atomic E-state index is 10.5. The third-order valence-corrected chi connectivity index (χ3v) is 2.30. The van der Waals surface area contributed by atoms with Crippen LogP contribution in [-0.2, 0) is 11.2 Å². The molecule has 1 heterocycles. The van der Waals surface area contributed by atoms with E-state index in [-0.39, 0.29) is 0 Å². The molecule has 78 valence electrons. The second kappa shape index (κ2) is 4.50. The Bertz CT molecular complexity index is 322. The highest BCUT2D eigenvalue weighted by molar-refractivity contribution is 7.81. The van der Waals surface area contributed by atoms with E-state index in [1.54, 1.807) is 10.9 Å². The van der Waals surface area contributed by atoms with Gasteiger partial charge in [0.15, 0.2) is 0 Å². The minimum absolute atomic E-state index is 0.298. The number of hydrogen-bond acceptors (Lipinski definition) is 3. The normalized spacial score (nSPS) is 13.1. The Labute approximate surface area is 88.3 Å². The van der Waals surface area contributed by atoms with E-state index >= 15 is 0 Å². The fourth-order valence-corrected chi connectivity index (χ4v) is 1.29. The predicted molar refractivity (Wildman–Crippen MR) is 56.7 cm³/mol. The minimum atomic E-state index is -0.898. The van der Waals surface area contributed by atoms with Gasteiger partial charge in [0.1, 0.15) is 5.25 Å². The van der Waals surface area contributed by atoms with Crippen LogP contribution in [0.15, 0.2) is 12.4 Å². The highest BCUT2D eigenvalue weighted by Crippen LogP contribution is 2.10. The first-order valence-electron chi connectivity index (χ1n) is 4.44. The summed E-state index contributed by atoms with van der Waals surface area (Å²) in [4.78, 5) is 10.5. The maximum Gasteiger partial charge on any atom is 0.316 e. The Balaban J connectivity index is 2.64. The molecule has 1 rings (SSSR count). The van der Waals surface area contributed by atoms with E-state index in [0.29, 0.717) is 12.5 Å². The molecular weight excluding hydrogens is 200 g/mol. The Morgan fingerprint density at radius 2 is 2.36 bits per heavy atom.